The van der Waals surface area contributed by atoms with Crippen LogP contribution in [-0.4, -0.2) is 0 Å². The lowest BCUT2D eigenvalue weighted by atomic mass is 10.2. The average molecular weight is 140 g/mol. The van der Waals surface area contributed by atoms with Crippen molar-refractivity contribution >= 4 is 11.6 Å². The van der Waals surface area contributed by atoms with Crippen LogP contribution in [0.5, 0.6) is 0 Å². The molecular weight excluding hydrogens is 132 g/mol. The summed E-state index contributed by atoms with van der Waals surface area (Å²) >= 11 is 5.75. The van der Waals surface area contributed by atoms with Crippen LogP contribution in [0.1, 0.15) is 11.1 Å². The lowest BCUT2D eigenvalue weighted by molar-refractivity contribution is 1.38. The monoisotopic (exact) mass is 139 g/mol. The Balaban J connectivity index is 3.17. The van der Waals surface area contributed by atoms with Gasteiger partial charge in [0, 0.05) is 5.02 Å². The van der Waals surface area contributed by atoms with Crippen molar-refractivity contribution in [3.05, 3.63) is 34.3 Å². The third-order valence-electron chi connectivity index (χ3n) is 1.24. The summed E-state index contributed by atoms with van der Waals surface area (Å²) < 4.78 is 0. The van der Waals surface area contributed by atoms with Crippen molar-refractivity contribution in [2.45, 2.75) is 13.8 Å². The van der Waals surface area contributed by atoms with Gasteiger partial charge in [-0.2, -0.15) is 0 Å². The summed E-state index contributed by atoms with van der Waals surface area (Å²) in [7, 11) is 0. The second-order valence-electron chi connectivity index (χ2n) is 2.15. The number of hydrogen-bond donors (Lipinski definition) is 0. The molecule has 0 N–H and O–H groups in total. The van der Waals surface area contributed by atoms with Gasteiger partial charge in [0.05, 0.1) is 0 Å². The second-order valence-corrected chi connectivity index (χ2v) is 2.55. The van der Waals surface area contributed by atoms with Gasteiger partial charge in [-0.15, -0.1) is 0 Å². The van der Waals surface area contributed by atoms with E-state index in [9.17, 15) is 0 Å². The molecule has 1 aromatic rings. The van der Waals surface area contributed by atoms with Crippen LogP contribution in [0.25, 0.3) is 0 Å². The van der Waals surface area contributed by atoms with E-state index in [0.717, 1.165) is 16.1 Å². The molecular formula is C8H8Cl. The second kappa shape index (κ2) is 2.40. The van der Waals surface area contributed by atoms with Crippen LogP contribution in [0.2, 0.25) is 5.02 Å². The van der Waals surface area contributed by atoms with Crippen LogP contribution in [0.3, 0.4) is 0 Å². The molecule has 47 valence electrons. The van der Waals surface area contributed by atoms with Crippen molar-refractivity contribution in [2.24, 2.45) is 0 Å². The smallest absolute Gasteiger partial charge is 0.0441 e. The van der Waals surface area contributed by atoms with Crippen LogP contribution < -0.4 is 0 Å². The number of aryl methyl sites for hydroxylation is 2. The van der Waals surface area contributed by atoms with Gasteiger partial charge < -0.3 is 0 Å². The predicted octanol–water partition coefficient (Wildman–Crippen LogP) is 2.76. The summed E-state index contributed by atoms with van der Waals surface area (Å²) in [4.78, 5) is 0. The van der Waals surface area contributed by atoms with Crippen molar-refractivity contribution in [1.82, 2.24) is 0 Å². The summed E-state index contributed by atoms with van der Waals surface area (Å²) in [6.45, 7) is 3.99. The maximum Gasteiger partial charge on any atom is 0.0441 e. The summed E-state index contributed by atoms with van der Waals surface area (Å²) in [5.74, 6) is 0. The van der Waals surface area contributed by atoms with Gasteiger partial charge in [0.25, 0.3) is 0 Å². The van der Waals surface area contributed by atoms with E-state index >= 15 is 0 Å². The van der Waals surface area contributed by atoms with Crippen LogP contribution in [0.4, 0.5) is 0 Å². The van der Waals surface area contributed by atoms with E-state index in [4.69, 9.17) is 11.6 Å². The van der Waals surface area contributed by atoms with Gasteiger partial charge in [-0.05, 0) is 37.1 Å². The third kappa shape index (κ3) is 1.46. The number of hydrogen-bond acceptors (Lipinski definition) is 0. The maximum atomic E-state index is 5.75. The van der Waals surface area contributed by atoms with E-state index in [0.29, 0.717) is 0 Å². The molecule has 0 saturated heterocycles. The SMILES string of the molecule is Cc1[c]cc(Cl)c(C)c1. The van der Waals surface area contributed by atoms with Crippen molar-refractivity contribution < 1.29 is 0 Å². The summed E-state index contributed by atoms with van der Waals surface area (Å²) in [6.07, 6.45) is 0. The fraction of sp³-hybridized carbons (Fsp3) is 0.250. The Morgan fingerprint density at radius 1 is 1.44 bits per heavy atom. The number of benzene rings is 1. The molecule has 0 spiro atoms. The molecule has 0 aliphatic heterocycles. The van der Waals surface area contributed by atoms with Crippen molar-refractivity contribution in [2.75, 3.05) is 0 Å². The highest BCUT2D eigenvalue weighted by Crippen LogP contribution is 2.14. The fourth-order valence-corrected chi connectivity index (χ4v) is 0.836. The van der Waals surface area contributed by atoms with Gasteiger partial charge in [-0.25, -0.2) is 0 Å². The molecule has 0 atom stereocenters. The maximum absolute atomic E-state index is 5.75. The zero-order valence-corrected chi connectivity index (χ0v) is 6.29. The van der Waals surface area contributed by atoms with Gasteiger partial charge >= 0.3 is 0 Å². The molecule has 0 fully saturated rings. The van der Waals surface area contributed by atoms with E-state index in [2.05, 4.69) is 6.07 Å². The van der Waals surface area contributed by atoms with Crippen LogP contribution >= 0.6 is 11.6 Å². The summed E-state index contributed by atoms with van der Waals surface area (Å²) in [6, 6.07) is 6.82. The lowest BCUT2D eigenvalue weighted by Gasteiger charge is -1.95. The third-order valence-corrected chi connectivity index (χ3v) is 1.64. The Kier molecular flexibility index (Phi) is 1.77. The van der Waals surface area contributed by atoms with Crippen LogP contribution in [0, 0.1) is 19.9 Å². The lowest BCUT2D eigenvalue weighted by Crippen LogP contribution is -1.76. The predicted molar refractivity (Wildman–Crippen MR) is 39.8 cm³/mol. The highest BCUT2D eigenvalue weighted by molar-refractivity contribution is 6.31. The quantitative estimate of drug-likeness (QED) is 0.519. The van der Waals surface area contributed by atoms with Gasteiger partial charge in [0.2, 0.25) is 0 Å². The molecule has 0 unspecified atom stereocenters. The first-order chi connectivity index (χ1) is 4.20. The van der Waals surface area contributed by atoms with Crippen molar-refractivity contribution in [3.63, 3.8) is 0 Å². The molecule has 0 aliphatic rings. The molecule has 0 saturated carbocycles. The molecule has 0 aromatic heterocycles. The Morgan fingerprint density at radius 2 is 2.11 bits per heavy atom. The number of rotatable bonds is 0. The molecule has 0 bridgehead atoms. The molecule has 0 nitrogen and oxygen atoms in total. The van der Waals surface area contributed by atoms with Crippen LogP contribution in [0.15, 0.2) is 12.1 Å². The Hall–Kier alpha value is -0.490. The minimum absolute atomic E-state index is 0.792. The van der Waals surface area contributed by atoms with Gasteiger partial charge in [0.15, 0.2) is 0 Å². The first-order valence-corrected chi connectivity index (χ1v) is 3.22. The Labute approximate surface area is 60.5 Å². The van der Waals surface area contributed by atoms with Gasteiger partial charge in [-0.1, -0.05) is 17.7 Å². The summed E-state index contributed by atoms with van der Waals surface area (Å²) in [5, 5.41) is 0.792. The first-order valence-electron chi connectivity index (χ1n) is 2.84. The largest absolute Gasteiger partial charge is 0.0840 e. The fourth-order valence-electron chi connectivity index (χ4n) is 0.726. The number of halogens is 1. The van der Waals surface area contributed by atoms with E-state index < -0.39 is 0 Å². The Morgan fingerprint density at radius 3 is 2.56 bits per heavy atom. The summed E-state index contributed by atoms with van der Waals surface area (Å²) in [5.41, 5.74) is 2.25. The molecule has 9 heavy (non-hydrogen) atoms. The van der Waals surface area contributed by atoms with E-state index in [1.807, 2.05) is 19.9 Å². The standard InChI is InChI=1S/C8H8Cl/c1-6-3-4-8(9)7(2)5-6/h4-5H,1-2H3. The minimum atomic E-state index is 0.792. The van der Waals surface area contributed by atoms with Gasteiger partial charge in [-0.3, -0.25) is 0 Å². The van der Waals surface area contributed by atoms with Crippen LogP contribution in [-0.2, 0) is 0 Å². The first kappa shape index (κ1) is 6.63. The highest BCUT2D eigenvalue weighted by atomic mass is 35.5. The van der Waals surface area contributed by atoms with Crippen molar-refractivity contribution in [3.8, 4) is 0 Å². The molecule has 1 rings (SSSR count). The average Bonchev–Trinajstić information content (AvgIpc) is 1.80. The Bertz CT molecular complexity index is 216. The molecule has 1 aromatic carbocycles. The molecule has 0 aliphatic carbocycles. The normalized spacial score (nSPS) is 9.67. The van der Waals surface area contributed by atoms with E-state index in [-0.39, 0.29) is 0 Å². The van der Waals surface area contributed by atoms with Crippen molar-refractivity contribution in [1.29, 1.82) is 0 Å². The zero-order valence-electron chi connectivity index (χ0n) is 5.53. The molecule has 1 radical (unpaired) electrons. The topological polar surface area (TPSA) is 0 Å². The zero-order chi connectivity index (χ0) is 6.85. The molecule has 0 heterocycles. The molecule has 1 heteroatoms. The van der Waals surface area contributed by atoms with Gasteiger partial charge in [0.1, 0.15) is 0 Å². The minimum Gasteiger partial charge on any atom is -0.0840 e. The highest BCUT2D eigenvalue weighted by Gasteiger charge is 1.91. The molecule has 0 amide bonds. The van der Waals surface area contributed by atoms with E-state index in [1.54, 1.807) is 6.07 Å². The van der Waals surface area contributed by atoms with E-state index in [1.165, 1.54) is 0 Å².